The van der Waals surface area contributed by atoms with Gasteiger partial charge in [0, 0.05) is 45.1 Å². The van der Waals surface area contributed by atoms with Gasteiger partial charge in [-0.25, -0.2) is 9.36 Å². The Morgan fingerprint density at radius 3 is 1.52 bits per heavy atom. The lowest BCUT2D eigenvalue weighted by molar-refractivity contribution is -0.154. The number of hydrogen-bond acceptors (Lipinski definition) is 4. The molecule has 8 rings (SSSR count). The molecule has 2 aromatic heterocycles. The highest BCUT2D eigenvalue weighted by molar-refractivity contribution is 7.85. The summed E-state index contributed by atoms with van der Waals surface area (Å²) in [6.07, 6.45) is -7.35. The number of halogens is 10. The molecule has 4 aromatic carbocycles. The van der Waals surface area contributed by atoms with Gasteiger partial charge in [0.1, 0.15) is 0 Å². The van der Waals surface area contributed by atoms with E-state index in [1.54, 1.807) is 12.1 Å². The smallest absolute Gasteiger partial charge is 0.282 e. The van der Waals surface area contributed by atoms with Gasteiger partial charge in [0.25, 0.3) is 10.1 Å². The van der Waals surface area contributed by atoms with Crippen LogP contribution in [-0.2, 0) is 23.0 Å². The van der Waals surface area contributed by atoms with Crippen LogP contribution in [0.15, 0.2) is 83.8 Å². The maximum Gasteiger partial charge on any atom is 0.397 e. The molecule has 326 valence electrons. The minimum atomic E-state index is -4.70. The minimum Gasteiger partial charge on any atom is -0.282 e. The number of hydrogen-bond donors (Lipinski definition) is 1. The molecule has 18 heteroatoms. The molecule has 2 unspecified atom stereocenters. The molecule has 6 aromatic rings. The summed E-state index contributed by atoms with van der Waals surface area (Å²) in [4.78, 5) is -0.391. The molecule has 0 bridgehead atoms. The highest BCUT2D eigenvalue weighted by Crippen LogP contribution is 2.49. The van der Waals surface area contributed by atoms with Gasteiger partial charge in [0.2, 0.25) is 0 Å². The van der Waals surface area contributed by atoms with Gasteiger partial charge in [-0.05, 0) is 72.5 Å². The Labute approximate surface area is 373 Å². The van der Waals surface area contributed by atoms with E-state index in [0.717, 1.165) is 11.1 Å². The lowest BCUT2D eigenvalue weighted by Gasteiger charge is -2.20. The molecule has 62 heavy (non-hydrogen) atoms. The molecule has 2 aliphatic carbocycles. The predicted molar refractivity (Wildman–Crippen MR) is 228 cm³/mol. The molecule has 0 spiro atoms. The summed E-state index contributed by atoms with van der Waals surface area (Å²) in [6, 6.07) is 20.5. The largest absolute Gasteiger partial charge is 0.397 e. The van der Waals surface area contributed by atoms with Crippen molar-refractivity contribution in [2.75, 3.05) is 0 Å². The van der Waals surface area contributed by atoms with E-state index in [9.17, 15) is 39.3 Å². The molecule has 2 aliphatic rings. The molecule has 0 radical (unpaired) electrons. The molecule has 1 N–H and O–H groups in total. The molecule has 0 aliphatic heterocycles. The molecule has 0 fully saturated rings. The summed E-state index contributed by atoms with van der Waals surface area (Å²) >= 11 is 25.3. The highest BCUT2D eigenvalue weighted by atomic mass is 35.5. The van der Waals surface area contributed by atoms with Crippen LogP contribution >= 0.6 is 46.4 Å². The van der Waals surface area contributed by atoms with Crippen LogP contribution in [-0.4, -0.2) is 44.9 Å². The first-order chi connectivity index (χ1) is 29.3. The maximum absolute atomic E-state index is 14.9. The Morgan fingerprint density at radius 2 is 1.05 bits per heavy atom. The van der Waals surface area contributed by atoms with E-state index in [1.165, 1.54) is 51.8 Å². The third-order valence-corrected chi connectivity index (χ3v) is 13.6. The second-order valence-electron chi connectivity index (χ2n) is 15.6. The van der Waals surface area contributed by atoms with Gasteiger partial charge >= 0.3 is 12.4 Å². The van der Waals surface area contributed by atoms with Crippen LogP contribution in [0.25, 0.3) is 33.9 Å². The van der Waals surface area contributed by atoms with Gasteiger partial charge < -0.3 is 0 Å². The SMILES string of the molecule is O=S(=O)(O)c1ccc2c(c1)Cc1c(C(CCCCCCCCC(c3nn(-c4ccc(Cl)cc4Cl)c4c3Cc3ccccc3-4)C(F)(F)F)C(F)(F)F)nn(-c3ccc(Cl)cc3Cl)c1-2. The van der Waals surface area contributed by atoms with Crippen molar-refractivity contribution in [3.63, 3.8) is 0 Å². The van der Waals surface area contributed by atoms with Crippen LogP contribution in [0.4, 0.5) is 26.3 Å². The zero-order valence-electron chi connectivity index (χ0n) is 32.5. The molecule has 2 atom stereocenters. The molecule has 2 heterocycles. The quantitative estimate of drug-likeness (QED) is 0.0666. The number of benzene rings is 4. The predicted octanol–water partition coefficient (Wildman–Crippen LogP) is 14.2. The summed E-state index contributed by atoms with van der Waals surface area (Å²) < 4.78 is 126. The van der Waals surface area contributed by atoms with Crippen molar-refractivity contribution in [2.24, 2.45) is 0 Å². The Morgan fingerprint density at radius 1 is 0.597 bits per heavy atom. The number of unbranched alkanes of at least 4 members (excludes halogenated alkanes) is 5. The standard InChI is InChI=1S/C44H36Cl4F6N4O3S/c45-26-13-17-37(35(47)22-26)57-41-29-10-8-7-9-24(29)20-31(41)39(55-57)33(43(49,50)51)11-5-3-1-2-4-6-12-34(44(52,53)54)40-32-21-25-19-28(62(59,60)61)15-16-30(25)42(32)58(56-40)38-18-14-27(46)23-36(38)48/h7-10,13-19,22-23,33-34H,1-6,11-12,20-21H2,(H,59,60,61). The maximum atomic E-state index is 14.9. The number of rotatable bonds is 14. The Bertz CT molecular complexity index is 2810. The van der Waals surface area contributed by atoms with Gasteiger partial charge in [-0.1, -0.05) is 115 Å². The lowest BCUT2D eigenvalue weighted by Crippen LogP contribution is -2.23. The second kappa shape index (κ2) is 17.2. The Balaban J connectivity index is 0.952. The first-order valence-corrected chi connectivity index (χ1v) is 22.7. The van der Waals surface area contributed by atoms with Gasteiger partial charge in [-0.15, -0.1) is 0 Å². The highest BCUT2D eigenvalue weighted by Gasteiger charge is 2.46. The average Bonchev–Trinajstić information content (AvgIpc) is 3.94. The molecular formula is C44H36Cl4F6N4O3S. The summed E-state index contributed by atoms with van der Waals surface area (Å²) in [6.45, 7) is 0. The monoisotopic (exact) mass is 954 g/mol. The van der Waals surface area contributed by atoms with Crippen LogP contribution in [0.2, 0.25) is 20.1 Å². The van der Waals surface area contributed by atoms with Crippen molar-refractivity contribution in [2.45, 2.75) is 93.3 Å². The fourth-order valence-electron chi connectivity index (χ4n) is 8.76. The van der Waals surface area contributed by atoms with Gasteiger partial charge in [0.15, 0.2) is 0 Å². The van der Waals surface area contributed by atoms with Crippen molar-refractivity contribution in [1.82, 2.24) is 19.6 Å². The van der Waals surface area contributed by atoms with Gasteiger partial charge in [-0.3, -0.25) is 4.55 Å². The summed E-state index contributed by atoms with van der Waals surface area (Å²) in [7, 11) is -4.59. The normalized spacial score (nSPS) is 14.4. The van der Waals surface area contributed by atoms with Crippen LogP contribution in [0.3, 0.4) is 0 Å². The molecule has 0 saturated heterocycles. The Kier molecular flexibility index (Phi) is 12.3. The average molecular weight is 957 g/mol. The van der Waals surface area contributed by atoms with E-state index in [2.05, 4.69) is 10.2 Å². The van der Waals surface area contributed by atoms with Crippen molar-refractivity contribution < 1.29 is 39.3 Å². The number of nitrogens with zero attached hydrogens (tertiary/aromatic N) is 4. The molecule has 0 saturated carbocycles. The van der Waals surface area contributed by atoms with Gasteiger partial charge in [0.05, 0.1) is 60.9 Å². The van der Waals surface area contributed by atoms with E-state index in [4.69, 9.17) is 46.4 Å². The number of aromatic nitrogens is 4. The van der Waals surface area contributed by atoms with Crippen LogP contribution in [0.1, 0.15) is 96.8 Å². The Hall–Kier alpha value is -4.05. The number of alkyl halides is 6. The van der Waals surface area contributed by atoms with Gasteiger partial charge in [-0.2, -0.15) is 45.0 Å². The summed E-state index contributed by atoms with van der Waals surface area (Å²) in [5.41, 5.74) is 4.55. The fraction of sp³-hybridized carbons (Fsp3) is 0.318. The van der Waals surface area contributed by atoms with Crippen LogP contribution in [0.5, 0.6) is 0 Å². The van der Waals surface area contributed by atoms with Crippen LogP contribution < -0.4 is 0 Å². The summed E-state index contributed by atoms with van der Waals surface area (Å²) in [5, 5.41) is 10.1. The number of fused-ring (bicyclic) bond motifs is 6. The van der Waals surface area contributed by atoms with Crippen molar-refractivity contribution in [3.8, 4) is 33.9 Å². The van der Waals surface area contributed by atoms with E-state index < -0.39 is 39.2 Å². The van der Waals surface area contributed by atoms with Crippen LogP contribution in [0, 0.1) is 0 Å². The van der Waals surface area contributed by atoms with Crippen molar-refractivity contribution in [3.05, 3.63) is 133 Å². The molecule has 0 amide bonds. The molecular weight excluding hydrogens is 920 g/mol. The zero-order chi connectivity index (χ0) is 44.3. The van der Waals surface area contributed by atoms with E-state index >= 15 is 0 Å². The third-order valence-electron chi connectivity index (χ3n) is 11.6. The van der Waals surface area contributed by atoms with E-state index in [1.807, 2.05) is 24.3 Å². The fourth-order valence-corrected chi connectivity index (χ4v) is 10.3. The first kappa shape index (κ1) is 44.6. The van der Waals surface area contributed by atoms with Crippen molar-refractivity contribution in [1.29, 1.82) is 0 Å². The van der Waals surface area contributed by atoms with E-state index in [-0.39, 0.29) is 71.2 Å². The third kappa shape index (κ3) is 8.75. The topological polar surface area (TPSA) is 90.0 Å². The molecule has 7 nitrogen and oxygen atoms in total. The second-order valence-corrected chi connectivity index (χ2v) is 18.7. The lowest BCUT2D eigenvalue weighted by atomic mass is 9.92. The zero-order valence-corrected chi connectivity index (χ0v) is 36.3. The minimum absolute atomic E-state index is 0.0536. The van der Waals surface area contributed by atoms with E-state index in [0.29, 0.717) is 69.5 Å². The summed E-state index contributed by atoms with van der Waals surface area (Å²) in [5.74, 6) is -3.83. The van der Waals surface area contributed by atoms with Crippen molar-refractivity contribution >= 4 is 56.5 Å². The first-order valence-electron chi connectivity index (χ1n) is 19.8.